The third-order valence-electron chi connectivity index (χ3n) is 2.83. The van der Waals surface area contributed by atoms with Crippen molar-refractivity contribution in [2.45, 2.75) is 26.4 Å². The summed E-state index contributed by atoms with van der Waals surface area (Å²) in [5.74, 6) is -1.02. The molecule has 1 rings (SSSR count). The number of urea groups is 1. The first-order valence-corrected chi connectivity index (χ1v) is 7.15. The zero-order valence-corrected chi connectivity index (χ0v) is 13.2. The van der Waals surface area contributed by atoms with Crippen LogP contribution in [0.25, 0.3) is 0 Å². The van der Waals surface area contributed by atoms with Crippen LogP contribution >= 0.6 is 0 Å². The summed E-state index contributed by atoms with van der Waals surface area (Å²) in [6, 6.07) is 4.96. The van der Waals surface area contributed by atoms with Crippen LogP contribution in [-0.2, 0) is 16.1 Å². The van der Waals surface area contributed by atoms with Gasteiger partial charge in [0.2, 0.25) is 11.8 Å². The Kier molecular flexibility index (Phi) is 6.85. The van der Waals surface area contributed by atoms with E-state index in [0.717, 1.165) is 5.56 Å². The molecule has 0 aliphatic carbocycles. The number of nitrogens with one attached hydrogen (secondary N) is 2. The lowest BCUT2D eigenvalue weighted by Crippen LogP contribution is -2.54. The lowest BCUT2D eigenvalue weighted by Gasteiger charge is -2.15. The van der Waals surface area contributed by atoms with Gasteiger partial charge in [0.15, 0.2) is 6.04 Å². The molecule has 1 aromatic carbocycles. The van der Waals surface area contributed by atoms with Crippen LogP contribution in [0.5, 0.6) is 5.75 Å². The first kappa shape index (κ1) is 18.3. The Bertz CT molecular complexity index is 560. The number of para-hydroxylation sites is 1. The van der Waals surface area contributed by atoms with E-state index in [9.17, 15) is 14.4 Å². The second-order valence-electron chi connectivity index (χ2n) is 5.38. The summed E-state index contributed by atoms with van der Waals surface area (Å²) in [6.45, 7) is 4.77. The Balaban J connectivity index is 2.62. The Morgan fingerprint density at radius 1 is 1.13 bits per heavy atom. The lowest BCUT2D eigenvalue weighted by molar-refractivity contribution is -0.128. The molecule has 8 heteroatoms. The Labute approximate surface area is 134 Å². The van der Waals surface area contributed by atoms with E-state index in [4.69, 9.17) is 16.2 Å². The number of ether oxygens (including phenoxy) is 1. The van der Waals surface area contributed by atoms with Crippen LogP contribution in [0.3, 0.4) is 0 Å². The van der Waals surface area contributed by atoms with E-state index in [-0.39, 0.29) is 6.54 Å². The topological polar surface area (TPSA) is 137 Å². The van der Waals surface area contributed by atoms with E-state index in [2.05, 4.69) is 10.6 Å². The normalized spacial score (nSPS) is 10.4. The van der Waals surface area contributed by atoms with Crippen LogP contribution in [-0.4, -0.2) is 30.5 Å². The molecule has 1 aromatic rings. The third-order valence-corrected chi connectivity index (χ3v) is 2.83. The van der Waals surface area contributed by atoms with Crippen LogP contribution < -0.4 is 26.8 Å². The SMILES string of the molecule is CC(C)COc1ccccc1CNC(=O)NC(C(N)=O)C(N)=O. The largest absolute Gasteiger partial charge is 0.493 e. The molecule has 126 valence electrons. The molecular weight excluding hydrogens is 300 g/mol. The van der Waals surface area contributed by atoms with Gasteiger partial charge >= 0.3 is 6.03 Å². The monoisotopic (exact) mass is 322 g/mol. The summed E-state index contributed by atoms with van der Waals surface area (Å²) in [5, 5.41) is 4.64. The number of nitrogens with two attached hydrogens (primary N) is 2. The maximum absolute atomic E-state index is 11.7. The predicted octanol–water partition coefficient (Wildman–Crippen LogP) is -0.140. The molecule has 0 aliphatic rings. The molecule has 8 nitrogen and oxygen atoms in total. The fraction of sp³-hybridized carbons (Fsp3) is 0.400. The van der Waals surface area contributed by atoms with E-state index >= 15 is 0 Å². The summed E-state index contributed by atoms with van der Waals surface area (Å²) < 4.78 is 5.67. The van der Waals surface area contributed by atoms with Crippen molar-refractivity contribution in [2.75, 3.05) is 6.61 Å². The molecule has 0 bridgehead atoms. The smallest absolute Gasteiger partial charge is 0.316 e. The van der Waals surface area contributed by atoms with E-state index < -0.39 is 23.9 Å². The van der Waals surface area contributed by atoms with Crippen molar-refractivity contribution in [3.63, 3.8) is 0 Å². The summed E-state index contributed by atoms with van der Waals surface area (Å²) >= 11 is 0. The van der Waals surface area contributed by atoms with Crippen LogP contribution in [0, 0.1) is 5.92 Å². The number of hydrogen-bond donors (Lipinski definition) is 4. The van der Waals surface area contributed by atoms with E-state index in [1.54, 1.807) is 12.1 Å². The molecule has 0 aliphatic heterocycles. The van der Waals surface area contributed by atoms with Gasteiger partial charge < -0.3 is 26.8 Å². The van der Waals surface area contributed by atoms with Crippen molar-refractivity contribution in [3.05, 3.63) is 29.8 Å². The van der Waals surface area contributed by atoms with E-state index in [1.807, 2.05) is 26.0 Å². The standard InChI is InChI=1S/C15H22N4O4/c1-9(2)8-23-11-6-4-3-5-10(11)7-18-15(22)19-12(13(16)20)14(17)21/h3-6,9,12H,7-8H2,1-2H3,(H2,16,20)(H2,17,21)(H2,18,19,22). The number of benzene rings is 1. The highest BCUT2D eigenvalue weighted by Gasteiger charge is 2.23. The predicted molar refractivity (Wildman–Crippen MR) is 84.3 cm³/mol. The molecule has 0 saturated carbocycles. The van der Waals surface area contributed by atoms with Gasteiger partial charge in [0.25, 0.3) is 0 Å². The van der Waals surface area contributed by atoms with Crippen LogP contribution in [0.4, 0.5) is 4.79 Å². The van der Waals surface area contributed by atoms with Gasteiger partial charge in [-0.1, -0.05) is 32.0 Å². The summed E-state index contributed by atoms with van der Waals surface area (Å²) in [7, 11) is 0. The molecule has 0 unspecified atom stereocenters. The summed E-state index contributed by atoms with van der Waals surface area (Å²) in [4.78, 5) is 33.8. The number of hydrogen-bond acceptors (Lipinski definition) is 4. The van der Waals surface area contributed by atoms with Crippen molar-refractivity contribution < 1.29 is 19.1 Å². The molecule has 0 fully saturated rings. The Morgan fingerprint density at radius 2 is 1.74 bits per heavy atom. The average Bonchev–Trinajstić information content (AvgIpc) is 2.48. The van der Waals surface area contributed by atoms with Crippen molar-refractivity contribution in [2.24, 2.45) is 17.4 Å². The molecule has 23 heavy (non-hydrogen) atoms. The highest BCUT2D eigenvalue weighted by Crippen LogP contribution is 2.18. The fourth-order valence-corrected chi connectivity index (χ4v) is 1.69. The molecule has 0 radical (unpaired) electrons. The molecule has 6 N–H and O–H groups in total. The first-order chi connectivity index (χ1) is 10.8. The molecule has 0 heterocycles. The molecule has 0 aromatic heterocycles. The van der Waals surface area contributed by atoms with Crippen molar-refractivity contribution in [3.8, 4) is 5.75 Å². The Morgan fingerprint density at radius 3 is 2.30 bits per heavy atom. The van der Waals surface area contributed by atoms with Gasteiger partial charge in [0, 0.05) is 12.1 Å². The minimum absolute atomic E-state index is 0.157. The van der Waals surface area contributed by atoms with Gasteiger partial charge in [0.05, 0.1) is 6.61 Å². The second kappa shape index (κ2) is 8.62. The van der Waals surface area contributed by atoms with E-state index in [1.165, 1.54) is 0 Å². The highest BCUT2D eigenvalue weighted by atomic mass is 16.5. The van der Waals surface area contributed by atoms with Crippen LogP contribution in [0.2, 0.25) is 0 Å². The second-order valence-corrected chi connectivity index (χ2v) is 5.38. The molecule has 0 saturated heterocycles. The summed E-state index contributed by atoms with van der Waals surface area (Å²) in [6.07, 6.45) is 0. The number of primary amides is 2. The minimum Gasteiger partial charge on any atom is -0.493 e. The van der Waals surface area contributed by atoms with Gasteiger partial charge in [-0.3, -0.25) is 9.59 Å². The molecule has 4 amide bonds. The van der Waals surface area contributed by atoms with Gasteiger partial charge in [-0.05, 0) is 12.0 Å². The number of carbonyl (C=O) groups is 3. The van der Waals surface area contributed by atoms with Crippen molar-refractivity contribution in [1.29, 1.82) is 0 Å². The van der Waals surface area contributed by atoms with Gasteiger partial charge in [-0.2, -0.15) is 0 Å². The van der Waals surface area contributed by atoms with Crippen molar-refractivity contribution in [1.82, 2.24) is 10.6 Å². The highest BCUT2D eigenvalue weighted by molar-refractivity contribution is 6.05. The Hall–Kier alpha value is -2.77. The molecule has 0 spiro atoms. The number of amides is 4. The van der Waals surface area contributed by atoms with Gasteiger partial charge in [0.1, 0.15) is 5.75 Å². The van der Waals surface area contributed by atoms with E-state index in [0.29, 0.717) is 18.3 Å². The van der Waals surface area contributed by atoms with Gasteiger partial charge in [-0.25, -0.2) is 4.79 Å². The zero-order valence-electron chi connectivity index (χ0n) is 13.2. The maximum atomic E-state index is 11.7. The lowest BCUT2D eigenvalue weighted by atomic mass is 10.2. The molecular formula is C15H22N4O4. The average molecular weight is 322 g/mol. The van der Waals surface area contributed by atoms with Crippen LogP contribution in [0.15, 0.2) is 24.3 Å². The van der Waals surface area contributed by atoms with Crippen molar-refractivity contribution >= 4 is 17.8 Å². The first-order valence-electron chi connectivity index (χ1n) is 7.15. The maximum Gasteiger partial charge on any atom is 0.316 e. The van der Waals surface area contributed by atoms with Crippen LogP contribution in [0.1, 0.15) is 19.4 Å². The van der Waals surface area contributed by atoms with Gasteiger partial charge in [-0.15, -0.1) is 0 Å². The zero-order chi connectivity index (χ0) is 17.4. The number of carbonyl (C=O) groups excluding carboxylic acids is 3. The summed E-state index contributed by atoms with van der Waals surface area (Å²) in [5.41, 5.74) is 10.7. The molecule has 0 atom stereocenters. The number of rotatable bonds is 8. The minimum atomic E-state index is -1.55. The quantitative estimate of drug-likeness (QED) is 0.495. The third kappa shape index (κ3) is 6.25. The fourth-order valence-electron chi connectivity index (χ4n) is 1.69.